The van der Waals surface area contributed by atoms with E-state index in [9.17, 15) is 0 Å². The molecule has 30 heavy (non-hydrogen) atoms. The molecule has 1 aromatic carbocycles. The highest BCUT2D eigenvalue weighted by atomic mass is 127. The van der Waals surface area contributed by atoms with E-state index in [1.165, 1.54) is 22.8 Å². The quantitative estimate of drug-likeness (QED) is 0.354. The summed E-state index contributed by atoms with van der Waals surface area (Å²) in [5.41, 5.74) is 3.61. The Hall–Kier alpha value is -1.46. The van der Waals surface area contributed by atoms with Gasteiger partial charge in [0.1, 0.15) is 6.26 Å². The largest absolute Gasteiger partial charge is 0.370 e. The molecule has 2 aromatic rings. The maximum Gasteiger partial charge on any atom is 0.194 e. The first-order chi connectivity index (χ1) is 14.3. The zero-order chi connectivity index (χ0) is 19.9. The molecule has 2 saturated heterocycles. The van der Waals surface area contributed by atoms with Crippen LogP contribution in [0.2, 0.25) is 0 Å². The SMILES string of the molecule is CN=C(NCc1ccc(N2CCSCC2)cc1)N1CCN(Cc2ccon2)CC1.I. The van der Waals surface area contributed by atoms with Crippen LogP contribution in [0, 0.1) is 0 Å². The summed E-state index contributed by atoms with van der Waals surface area (Å²) >= 11 is 2.04. The molecule has 0 spiro atoms. The third kappa shape index (κ3) is 6.27. The molecule has 2 aliphatic rings. The maximum atomic E-state index is 4.93. The molecule has 2 fully saturated rings. The molecule has 0 amide bonds. The lowest BCUT2D eigenvalue weighted by molar-refractivity contribution is 0.169. The van der Waals surface area contributed by atoms with Gasteiger partial charge in [0.15, 0.2) is 5.96 Å². The van der Waals surface area contributed by atoms with E-state index in [1.807, 2.05) is 24.9 Å². The lowest BCUT2D eigenvalue weighted by atomic mass is 10.2. The summed E-state index contributed by atoms with van der Waals surface area (Å²) in [6.07, 6.45) is 1.63. The Bertz CT molecular complexity index is 771. The highest BCUT2D eigenvalue weighted by molar-refractivity contribution is 14.0. The number of thioether (sulfide) groups is 1. The Balaban J connectivity index is 0.00000256. The fourth-order valence-corrected chi connectivity index (χ4v) is 4.73. The summed E-state index contributed by atoms with van der Waals surface area (Å²) in [4.78, 5) is 11.7. The monoisotopic (exact) mass is 542 g/mol. The Morgan fingerprint density at radius 2 is 1.80 bits per heavy atom. The molecule has 0 saturated carbocycles. The van der Waals surface area contributed by atoms with Gasteiger partial charge in [0, 0.05) is 82.7 Å². The number of aliphatic imine (C=N–C) groups is 1. The van der Waals surface area contributed by atoms with E-state index in [1.54, 1.807) is 6.26 Å². The zero-order valence-corrected chi connectivity index (χ0v) is 20.6. The predicted octanol–water partition coefficient (Wildman–Crippen LogP) is 2.74. The average molecular weight is 542 g/mol. The molecule has 0 radical (unpaired) electrons. The van der Waals surface area contributed by atoms with E-state index in [2.05, 4.69) is 54.4 Å². The maximum absolute atomic E-state index is 4.93. The van der Waals surface area contributed by atoms with Gasteiger partial charge in [-0.3, -0.25) is 9.89 Å². The summed E-state index contributed by atoms with van der Waals surface area (Å²) in [5, 5.41) is 7.54. The Morgan fingerprint density at radius 3 is 2.43 bits per heavy atom. The van der Waals surface area contributed by atoms with Gasteiger partial charge in [-0.2, -0.15) is 11.8 Å². The van der Waals surface area contributed by atoms with Crippen LogP contribution in [0.5, 0.6) is 0 Å². The number of piperazine rings is 1. The number of aromatic nitrogens is 1. The van der Waals surface area contributed by atoms with Crippen LogP contribution in [0.3, 0.4) is 0 Å². The van der Waals surface area contributed by atoms with Crippen molar-refractivity contribution in [1.82, 2.24) is 20.3 Å². The summed E-state index contributed by atoms with van der Waals surface area (Å²) in [6, 6.07) is 10.9. The molecule has 0 unspecified atom stereocenters. The van der Waals surface area contributed by atoms with Gasteiger partial charge in [0.05, 0.1) is 5.69 Å². The highest BCUT2D eigenvalue weighted by Crippen LogP contribution is 2.20. The van der Waals surface area contributed by atoms with Crippen molar-refractivity contribution in [2.45, 2.75) is 13.1 Å². The summed E-state index contributed by atoms with van der Waals surface area (Å²) in [7, 11) is 1.86. The molecular weight excluding hydrogens is 511 g/mol. The van der Waals surface area contributed by atoms with Crippen molar-refractivity contribution in [1.29, 1.82) is 0 Å². The van der Waals surface area contributed by atoms with Crippen molar-refractivity contribution in [3.05, 3.63) is 47.9 Å². The van der Waals surface area contributed by atoms with E-state index in [0.29, 0.717) is 0 Å². The van der Waals surface area contributed by atoms with E-state index in [0.717, 1.165) is 64.0 Å². The van der Waals surface area contributed by atoms with Crippen molar-refractivity contribution < 1.29 is 4.52 Å². The van der Waals surface area contributed by atoms with Crippen molar-refractivity contribution in [3.63, 3.8) is 0 Å². The predicted molar refractivity (Wildman–Crippen MR) is 135 cm³/mol. The molecule has 4 rings (SSSR count). The normalized spacial score (nSPS) is 18.2. The van der Waals surface area contributed by atoms with Crippen LogP contribution in [-0.4, -0.2) is 78.7 Å². The van der Waals surface area contributed by atoms with Crippen LogP contribution in [0.15, 0.2) is 46.1 Å². The van der Waals surface area contributed by atoms with Gasteiger partial charge < -0.3 is 19.6 Å². The van der Waals surface area contributed by atoms with Crippen molar-refractivity contribution in [2.24, 2.45) is 4.99 Å². The fourth-order valence-electron chi connectivity index (χ4n) is 3.83. The van der Waals surface area contributed by atoms with Gasteiger partial charge >= 0.3 is 0 Å². The van der Waals surface area contributed by atoms with Gasteiger partial charge in [-0.25, -0.2) is 0 Å². The summed E-state index contributed by atoms with van der Waals surface area (Å²) in [6.45, 7) is 7.86. The minimum absolute atomic E-state index is 0. The fraction of sp³-hybridized carbons (Fsp3) is 0.524. The van der Waals surface area contributed by atoms with Crippen molar-refractivity contribution >= 4 is 47.4 Å². The molecule has 2 aliphatic heterocycles. The average Bonchev–Trinajstić information content (AvgIpc) is 3.29. The summed E-state index contributed by atoms with van der Waals surface area (Å²) in [5.74, 6) is 3.43. The lowest BCUT2D eigenvalue weighted by Gasteiger charge is -2.36. The lowest BCUT2D eigenvalue weighted by Crippen LogP contribution is -2.52. The third-order valence-electron chi connectivity index (χ3n) is 5.52. The number of guanidine groups is 1. The number of halogens is 1. The number of nitrogens with zero attached hydrogens (tertiary/aromatic N) is 5. The first kappa shape index (κ1) is 23.2. The molecule has 0 atom stereocenters. The van der Waals surface area contributed by atoms with E-state index in [-0.39, 0.29) is 24.0 Å². The Kier molecular flexibility index (Phi) is 9.13. The molecule has 1 aromatic heterocycles. The molecule has 7 nitrogen and oxygen atoms in total. The molecule has 164 valence electrons. The molecule has 9 heteroatoms. The smallest absolute Gasteiger partial charge is 0.194 e. The summed E-state index contributed by atoms with van der Waals surface area (Å²) < 4.78 is 4.93. The minimum Gasteiger partial charge on any atom is -0.370 e. The molecular formula is C21H31IN6OS. The second-order valence-corrected chi connectivity index (χ2v) is 8.65. The van der Waals surface area contributed by atoms with Gasteiger partial charge in [-0.05, 0) is 17.7 Å². The number of hydrogen-bond donors (Lipinski definition) is 1. The van der Waals surface area contributed by atoms with E-state index >= 15 is 0 Å². The number of anilines is 1. The van der Waals surface area contributed by atoms with Crippen molar-refractivity contribution in [2.75, 3.05) is 62.7 Å². The Labute approximate surface area is 200 Å². The minimum atomic E-state index is 0. The van der Waals surface area contributed by atoms with Crippen LogP contribution in [0.4, 0.5) is 5.69 Å². The standard InChI is InChI=1S/C21H30N6OS.HI/c1-22-21(27-9-7-25(8-10-27)17-19-6-13-28-24-19)23-16-18-2-4-20(5-3-18)26-11-14-29-15-12-26;/h2-6,13H,7-12,14-17H2,1H3,(H,22,23);1H. The van der Waals surface area contributed by atoms with Crippen LogP contribution in [0.1, 0.15) is 11.3 Å². The zero-order valence-electron chi connectivity index (χ0n) is 17.5. The van der Waals surface area contributed by atoms with E-state index < -0.39 is 0 Å². The Morgan fingerprint density at radius 1 is 1.07 bits per heavy atom. The van der Waals surface area contributed by atoms with Crippen molar-refractivity contribution in [3.8, 4) is 0 Å². The number of nitrogens with one attached hydrogen (secondary N) is 1. The number of rotatable bonds is 5. The number of hydrogen-bond acceptors (Lipinski definition) is 6. The highest BCUT2D eigenvalue weighted by Gasteiger charge is 2.20. The topological polar surface area (TPSA) is 60.1 Å². The second kappa shape index (κ2) is 11.8. The van der Waals surface area contributed by atoms with Crippen LogP contribution in [-0.2, 0) is 13.1 Å². The molecule has 3 heterocycles. The second-order valence-electron chi connectivity index (χ2n) is 7.42. The molecule has 0 aliphatic carbocycles. The van der Waals surface area contributed by atoms with Crippen LogP contribution in [0.25, 0.3) is 0 Å². The first-order valence-corrected chi connectivity index (χ1v) is 11.5. The van der Waals surface area contributed by atoms with Gasteiger partial charge in [0.2, 0.25) is 0 Å². The van der Waals surface area contributed by atoms with Gasteiger partial charge in [-0.15, -0.1) is 24.0 Å². The molecule has 0 bridgehead atoms. The van der Waals surface area contributed by atoms with Gasteiger partial charge in [0.25, 0.3) is 0 Å². The van der Waals surface area contributed by atoms with Crippen LogP contribution < -0.4 is 10.2 Å². The van der Waals surface area contributed by atoms with Gasteiger partial charge in [-0.1, -0.05) is 17.3 Å². The van der Waals surface area contributed by atoms with Crippen LogP contribution >= 0.6 is 35.7 Å². The third-order valence-corrected chi connectivity index (χ3v) is 6.47. The first-order valence-electron chi connectivity index (χ1n) is 10.3. The van der Waals surface area contributed by atoms with E-state index in [4.69, 9.17) is 4.52 Å². The molecule has 1 N–H and O–H groups in total. The number of benzene rings is 1.